The highest BCUT2D eigenvalue weighted by Gasteiger charge is 2.53. The molecule has 2 aliphatic heterocycles. The van der Waals surface area contributed by atoms with Crippen molar-refractivity contribution in [1.29, 1.82) is 0 Å². The van der Waals surface area contributed by atoms with Crippen molar-refractivity contribution in [1.82, 2.24) is 9.88 Å². The Morgan fingerprint density at radius 1 is 1.03 bits per heavy atom. The lowest BCUT2D eigenvalue weighted by Gasteiger charge is -2.49. The molecule has 3 heterocycles. The van der Waals surface area contributed by atoms with E-state index in [4.69, 9.17) is 4.99 Å². The number of halogens is 2. The van der Waals surface area contributed by atoms with Gasteiger partial charge in [-0.1, -0.05) is 68.3 Å². The van der Waals surface area contributed by atoms with Crippen LogP contribution in [0.1, 0.15) is 22.6 Å². The zero-order valence-corrected chi connectivity index (χ0v) is 21.9. The third-order valence-corrected chi connectivity index (χ3v) is 8.50. The van der Waals surface area contributed by atoms with Crippen LogP contribution in [-0.2, 0) is 12.0 Å². The Labute approximate surface area is 216 Å². The summed E-state index contributed by atoms with van der Waals surface area (Å²) in [5, 5.41) is 1.26. The normalized spacial score (nSPS) is 24.1. The molecule has 1 aromatic heterocycles. The number of rotatable bonds is 4. The van der Waals surface area contributed by atoms with E-state index >= 15 is 0 Å². The van der Waals surface area contributed by atoms with Gasteiger partial charge in [0.1, 0.15) is 0 Å². The maximum atomic E-state index is 4.95. The molecule has 1 N–H and O–H groups in total. The maximum absolute atomic E-state index is 4.95. The summed E-state index contributed by atoms with van der Waals surface area (Å²) < 4.78 is 2.18. The van der Waals surface area contributed by atoms with E-state index in [1.54, 1.807) is 0 Å². The molecule has 0 aliphatic carbocycles. The Morgan fingerprint density at radius 2 is 1.82 bits per heavy atom. The Balaban J connectivity index is 1.53. The molecule has 1 saturated heterocycles. The topological polar surface area (TPSA) is 31.4 Å². The standard InChI is InChI=1S/C29H25Br2N3/c1-2-20-16-34(15-19-6-4-3-5-7-19)17-26(24-14-32-27-10-8-21(30)12-23(24)27)29(20)18-33-28-11-9-22(31)13-25(28)29/h2-14,18,20,26,32H,1,15-17H2/t20-,26-,29-/m1/s1. The molecule has 1 fully saturated rings. The van der Waals surface area contributed by atoms with E-state index in [9.17, 15) is 0 Å². The first kappa shape index (κ1) is 22.0. The van der Waals surface area contributed by atoms with Crippen molar-refractivity contribution in [3.8, 4) is 0 Å². The van der Waals surface area contributed by atoms with Crippen LogP contribution in [-0.4, -0.2) is 29.2 Å². The summed E-state index contributed by atoms with van der Waals surface area (Å²) in [6.45, 7) is 7.12. The summed E-state index contributed by atoms with van der Waals surface area (Å²) in [7, 11) is 0. The minimum absolute atomic E-state index is 0.218. The summed E-state index contributed by atoms with van der Waals surface area (Å²) in [6, 6.07) is 23.7. The number of aromatic nitrogens is 1. The van der Waals surface area contributed by atoms with Crippen LogP contribution in [0.4, 0.5) is 5.69 Å². The highest BCUT2D eigenvalue weighted by atomic mass is 79.9. The van der Waals surface area contributed by atoms with Gasteiger partial charge >= 0.3 is 0 Å². The highest BCUT2D eigenvalue weighted by molar-refractivity contribution is 9.10. The second-order valence-corrected chi connectivity index (χ2v) is 11.2. The number of aromatic amines is 1. The Kier molecular flexibility index (Phi) is 5.59. The minimum atomic E-state index is -0.245. The van der Waals surface area contributed by atoms with Gasteiger partial charge < -0.3 is 4.98 Å². The minimum Gasteiger partial charge on any atom is -0.361 e. The van der Waals surface area contributed by atoms with Crippen LogP contribution in [0.3, 0.4) is 0 Å². The first-order chi connectivity index (χ1) is 16.6. The van der Waals surface area contributed by atoms with Gasteiger partial charge in [-0.25, -0.2) is 0 Å². The molecule has 0 bridgehead atoms. The fraction of sp³-hybridized carbons (Fsp3) is 0.207. The van der Waals surface area contributed by atoms with Crippen molar-refractivity contribution in [3.63, 3.8) is 0 Å². The maximum Gasteiger partial charge on any atom is 0.0668 e. The molecule has 0 amide bonds. The van der Waals surface area contributed by atoms with E-state index in [2.05, 4.69) is 134 Å². The second kappa shape index (κ2) is 8.63. The Bertz CT molecular complexity index is 1410. The molecule has 3 atom stereocenters. The Hall–Kier alpha value is -2.47. The summed E-state index contributed by atoms with van der Waals surface area (Å²) in [6.07, 6.45) is 6.58. The zero-order valence-electron chi connectivity index (χ0n) is 18.7. The van der Waals surface area contributed by atoms with E-state index in [1.165, 1.54) is 22.1 Å². The number of nitrogens with one attached hydrogen (secondary N) is 1. The van der Waals surface area contributed by atoms with E-state index in [1.807, 2.05) is 0 Å². The molecule has 2 aliphatic rings. The van der Waals surface area contributed by atoms with Crippen LogP contribution >= 0.6 is 31.9 Å². The number of likely N-dealkylation sites (tertiary alicyclic amines) is 1. The van der Waals surface area contributed by atoms with Gasteiger partial charge in [-0.05, 0) is 53.1 Å². The molecule has 3 aromatic carbocycles. The molecule has 0 saturated carbocycles. The van der Waals surface area contributed by atoms with Crippen LogP contribution in [0.25, 0.3) is 10.9 Å². The number of nitrogens with zero attached hydrogens (tertiary/aromatic N) is 2. The molecule has 3 nitrogen and oxygen atoms in total. The number of hydrogen-bond donors (Lipinski definition) is 1. The van der Waals surface area contributed by atoms with Crippen molar-refractivity contribution < 1.29 is 0 Å². The molecule has 4 aromatic rings. The third kappa shape index (κ3) is 3.53. The number of piperidine rings is 1. The fourth-order valence-electron chi connectivity index (χ4n) is 5.96. The van der Waals surface area contributed by atoms with Crippen LogP contribution < -0.4 is 0 Å². The fourth-order valence-corrected chi connectivity index (χ4v) is 6.68. The van der Waals surface area contributed by atoms with Crippen LogP contribution in [0.5, 0.6) is 0 Å². The van der Waals surface area contributed by atoms with Crippen LogP contribution in [0, 0.1) is 5.92 Å². The number of benzene rings is 3. The van der Waals surface area contributed by atoms with Crippen molar-refractivity contribution in [3.05, 3.63) is 111 Å². The van der Waals surface area contributed by atoms with Crippen LogP contribution in [0.2, 0.25) is 0 Å². The number of hydrogen-bond acceptors (Lipinski definition) is 2. The molecule has 0 unspecified atom stereocenters. The van der Waals surface area contributed by atoms with Crippen LogP contribution in [0.15, 0.2) is 99.5 Å². The van der Waals surface area contributed by atoms with E-state index < -0.39 is 0 Å². The average molecular weight is 575 g/mol. The summed E-state index contributed by atoms with van der Waals surface area (Å²) in [5.74, 6) is 0.446. The van der Waals surface area contributed by atoms with Gasteiger partial charge in [-0.3, -0.25) is 9.89 Å². The number of fused-ring (bicyclic) bond motifs is 3. The molecule has 5 heteroatoms. The van der Waals surface area contributed by atoms with E-state index in [0.29, 0.717) is 0 Å². The second-order valence-electron chi connectivity index (χ2n) is 9.36. The first-order valence-corrected chi connectivity index (χ1v) is 13.2. The highest BCUT2D eigenvalue weighted by Crippen LogP contribution is 2.55. The lowest BCUT2D eigenvalue weighted by atomic mass is 9.59. The lowest BCUT2D eigenvalue weighted by Crippen LogP contribution is -2.54. The quantitative estimate of drug-likeness (QED) is 0.248. The zero-order chi connectivity index (χ0) is 23.3. The predicted molar refractivity (Wildman–Crippen MR) is 148 cm³/mol. The molecule has 34 heavy (non-hydrogen) atoms. The average Bonchev–Trinajstić information content (AvgIpc) is 3.43. The third-order valence-electron chi connectivity index (χ3n) is 7.51. The molecule has 170 valence electrons. The van der Waals surface area contributed by atoms with Crippen molar-refractivity contribution in [2.24, 2.45) is 10.9 Å². The van der Waals surface area contributed by atoms with Gasteiger partial charge in [0.05, 0.1) is 5.69 Å². The van der Waals surface area contributed by atoms with E-state index in [-0.39, 0.29) is 17.3 Å². The van der Waals surface area contributed by atoms with Gasteiger partial charge in [0.25, 0.3) is 0 Å². The van der Waals surface area contributed by atoms with Crippen molar-refractivity contribution >= 4 is 54.7 Å². The van der Waals surface area contributed by atoms with Gasteiger partial charge in [0.15, 0.2) is 0 Å². The van der Waals surface area contributed by atoms with Crippen molar-refractivity contribution in [2.45, 2.75) is 17.9 Å². The first-order valence-electron chi connectivity index (χ1n) is 11.6. The monoisotopic (exact) mass is 573 g/mol. The van der Waals surface area contributed by atoms with Gasteiger partial charge in [0, 0.05) is 69.1 Å². The summed E-state index contributed by atoms with van der Waals surface area (Å²) in [5.41, 5.74) is 5.95. The van der Waals surface area contributed by atoms with Crippen molar-refractivity contribution in [2.75, 3.05) is 13.1 Å². The molecule has 1 spiro atoms. The lowest BCUT2D eigenvalue weighted by molar-refractivity contribution is 0.126. The number of H-pyrrole nitrogens is 1. The van der Waals surface area contributed by atoms with Gasteiger partial charge in [-0.15, -0.1) is 6.58 Å². The predicted octanol–water partition coefficient (Wildman–Crippen LogP) is 7.75. The summed E-state index contributed by atoms with van der Waals surface area (Å²) in [4.78, 5) is 11.1. The van der Waals surface area contributed by atoms with Gasteiger partial charge in [0.2, 0.25) is 0 Å². The SMILES string of the molecule is C=C[C@@H]1CN(Cc2ccccc2)C[C@H](c2c[nH]c3ccc(Br)cc23)[C@]12C=Nc1ccc(Br)cc12. The molecular weight excluding hydrogens is 550 g/mol. The smallest absolute Gasteiger partial charge is 0.0668 e. The van der Waals surface area contributed by atoms with E-state index in [0.717, 1.165) is 39.8 Å². The summed E-state index contributed by atoms with van der Waals surface area (Å²) >= 11 is 7.42. The molecular formula is C29H25Br2N3. The largest absolute Gasteiger partial charge is 0.361 e. The molecule has 0 radical (unpaired) electrons. The molecule has 6 rings (SSSR count). The Morgan fingerprint density at radius 3 is 2.65 bits per heavy atom. The van der Waals surface area contributed by atoms with Gasteiger partial charge in [-0.2, -0.15) is 0 Å². The number of aliphatic imine (C=N–C) groups is 1.